The molecular formula is C10H16OP+. The summed E-state index contributed by atoms with van der Waals surface area (Å²) in [5, 5.41) is 0.314. The van der Waals surface area contributed by atoms with E-state index in [1.165, 1.54) is 38.5 Å². The molecule has 0 saturated heterocycles. The van der Waals surface area contributed by atoms with Crippen LogP contribution >= 0.6 is 8.46 Å². The summed E-state index contributed by atoms with van der Waals surface area (Å²) < 4.78 is 11.2. The van der Waals surface area contributed by atoms with E-state index in [-0.39, 0.29) is 8.46 Å². The monoisotopic (exact) mass is 183 g/mol. The molecule has 0 aromatic carbocycles. The van der Waals surface area contributed by atoms with Gasteiger partial charge in [0.1, 0.15) is 0 Å². The van der Waals surface area contributed by atoms with Crippen LogP contribution in [0.1, 0.15) is 38.5 Å². The average Bonchev–Trinajstić information content (AvgIpc) is 2.02. The predicted molar refractivity (Wildman–Crippen MR) is 49.9 cm³/mol. The number of hydrogen-bond donors (Lipinski definition) is 0. The van der Waals surface area contributed by atoms with Crippen molar-refractivity contribution in [3.8, 4) is 0 Å². The molecule has 0 N–H and O–H groups in total. The summed E-state index contributed by atoms with van der Waals surface area (Å²) in [6.45, 7) is 0. The number of rotatable bonds is 1. The fraction of sp³-hybridized carbons (Fsp3) is 1.00. The lowest BCUT2D eigenvalue weighted by Crippen LogP contribution is -2.47. The molecule has 12 heavy (non-hydrogen) atoms. The lowest BCUT2D eigenvalue weighted by atomic mass is 9.56. The Morgan fingerprint density at radius 1 is 0.917 bits per heavy atom. The maximum absolute atomic E-state index is 11.2. The van der Waals surface area contributed by atoms with Crippen molar-refractivity contribution in [3.63, 3.8) is 0 Å². The van der Waals surface area contributed by atoms with Gasteiger partial charge in [0.2, 0.25) is 0 Å². The van der Waals surface area contributed by atoms with E-state index in [1.54, 1.807) is 0 Å². The van der Waals surface area contributed by atoms with Crippen LogP contribution in [0.4, 0.5) is 0 Å². The molecule has 4 fully saturated rings. The minimum Gasteiger partial charge on any atom is -0.0768 e. The van der Waals surface area contributed by atoms with E-state index in [1.807, 2.05) is 0 Å². The second-order valence-corrected chi connectivity index (χ2v) is 6.56. The average molecular weight is 183 g/mol. The van der Waals surface area contributed by atoms with Crippen molar-refractivity contribution in [2.45, 2.75) is 43.7 Å². The zero-order valence-electron chi connectivity index (χ0n) is 7.38. The molecule has 0 amide bonds. The molecule has 1 nitrogen and oxygen atoms in total. The molecule has 4 bridgehead atoms. The van der Waals surface area contributed by atoms with Crippen LogP contribution in [0, 0.1) is 17.8 Å². The maximum Gasteiger partial charge on any atom is 0.331 e. The highest BCUT2D eigenvalue weighted by Crippen LogP contribution is 2.60. The fourth-order valence-corrected chi connectivity index (χ4v) is 5.35. The van der Waals surface area contributed by atoms with Crippen LogP contribution < -0.4 is 0 Å². The minimum absolute atomic E-state index is 0.0191. The van der Waals surface area contributed by atoms with Gasteiger partial charge in [-0.05, 0) is 56.3 Å². The van der Waals surface area contributed by atoms with E-state index in [4.69, 9.17) is 0 Å². The van der Waals surface area contributed by atoms with Crippen molar-refractivity contribution in [1.29, 1.82) is 0 Å². The summed E-state index contributed by atoms with van der Waals surface area (Å²) in [5.41, 5.74) is 0. The molecule has 0 radical (unpaired) electrons. The summed E-state index contributed by atoms with van der Waals surface area (Å²) >= 11 is 0. The van der Waals surface area contributed by atoms with Crippen molar-refractivity contribution >= 4 is 8.46 Å². The van der Waals surface area contributed by atoms with E-state index in [0.29, 0.717) is 5.16 Å². The third kappa shape index (κ3) is 0.923. The largest absolute Gasteiger partial charge is 0.331 e. The second-order valence-electron chi connectivity index (χ2n) is 5.30. The Morgan fingerprint density at radius 2 is 1.33 bits per heavy atom. The molecule has 4 aliphatic rings. The summed E-state index contributed by atoms with van der Waals surface area (Å²) in [5.74, 6) is 2.87. The molecule has 0 aromatic rings. The molecule has 1 atom stereocenters. The smallest absolute Gasteiger partial charge is 0.0768 e. The highest BCUT2D eigenvalue weighted by atomic mass is 31.1. The van der Waals surface area contributed by atoms with Crippen molar-refractivity contribution < 1.29 is 4.57 Å². The Balaban J connectivity index is 1.95. The molecule has 4 saturated carbocycles. The van der Waals surface area contributed by atoms with Gasteiger partial charge in [0.05, 0.1) is 0 Å². The Kier molecular flexibility index (Phi) is 1.45. The molecule has 0 aromatic heterocycles. The van der Waals surface area contributed by atoms with Gasteiger partial charge < -0.3 is 0 Å². The van der Waals surface area contributed by atoms with Gasteiger partial charge in [-0.2, -0.15) is 0 Å². The highest BCUT2D eigenvalue weighted by Gasteiger charge is 2.55. The first-order valence-electron chi connectivity index (χ1n) is 5.19. The van der Waals surface area contributed by atoms with Gasteiger partial charge in [-0.25, -0.2) is 0 Å². The van der Waals surface area contributed by atoms with E-state index < -0.39 is 0 Å². The van der Waals surface area contributed by atoms with Crippen LogP contribution in [0.2, 0.25) is 0 Å². The molecule has 0 heterocycles. The Labute approximate surface area is 75.1 Å². The van der Waals surface area contributed by atoms with Gasteiger partial charge >= 0.3 is 8.46 Å². The summed E-state index contributed by atoms with van der Waals surface area (Å²) in [4.78, 5) is 0. The quantitative estimate of drug-likeness (QED) is 0.571. The third-order valence-corrected chi connectivity index (χ3v) is 5.30. The molecule has 1 unspecified atom stereocenters. The van der Waals surface area contributed by atoms with Crippen molar-refractivity contribution in [3.05, 3.63) is 0 Å². The summed E-state index contributed by atoms with van der Waals surface area (Å²) in [6.07, 6.45) is 8.26. The Hall–Kier alpha value is 0.100. The van der Waals surface area contributed by atoms with Crippen molar-refractivity contribution in [1.82, 2.24) is 0 Å². The second kappa shape index (κ2) is 2.32. The molecule has 4 rings (SSSR count). The van der Waals surface area contributed by atoms with Crippen molar-refractivity contribution in [2.24, 2.45) is 17.8 Å². The first kappa shape index (κ1) is 7.50. The third-order valence-electron chi connectivity index (χ3n) is 4.25. The topological polar surface area (TPSA) is 17.1 Å². The maximum atomic E-state index is 11.2. The first-order valence-corrected chi connectivity index (χ1v) is 6.10. The van der Waals surface area contributed by atoms with Gasteiger partial charge in [-0.1, -0.05) is 4.57 Å². The standard InChI is InChI=1S/C10H15OP/c11-12-10-4-7-1-8(5-10)3-9(2-7)6-10/h7-9H,1-6H2/p+1. The normalized spacial score (nSPS) is 56.5. The summed E-state index contributed by atoms with van der Waals surface area (Å²) in [6, 6.07) is 0. The van der Waals surface area contributed by atoms with Crippen molar-refractivity contribution in [2.75, 3.05) is 0 Å². The first-order chi connectivity index (χ1) is 5.80. The lowest BCUT2D eigenvalue weighted by molar-refractivity contribution is 0.0358. The molecular weight excluding hydrogens is 167 g/mol. The van der Waals surface area contributed by atoms with Crippen LogP contribution in [-0.2, 0) is 4.57 Å². The van der Waals surface area contributed by atoms with Gasteiger partial charge in [0.25, 0.3) is 0 Å². The SMILES string of the molecule is O=[PH+]C12CC3CC(CC(C3)C1)C2. The van der Waals surface area contributed by atoms with Crippen LogP contribution in [0.5, 0.6) is 0 Å². The Morgan fingerprint density at radius 3 is 1.67 bits per heavy atom. The minimum atomic E-state index is -0.0191. The zero-order chi connectivity index (χ0) is 8.18. The van der Waals surface area contributed by atoms with Crippen LogP contribution in [0.3, 0.4) is 0 Å². The molecule has 66 valence electrons. The highest BCUT2D eigenvalue weighted by molar-refractivity contribution is 7.26. The molecule has 0 aliphatic heterocycles. The van der Waals surface area contributed by atoms with E-state index in [2.05, 4.69) is 0 Å². The lowest BCUT2D eigenvalue weighted by Gasteiger charge is -2.50. The number of hydrogen-bond acceptors (Lipinski definition) is 1. The van der Waals surface area contributed by atoms with Gasteiger partial charge in [-0.15, -0.1) is 0 Å². The molecule has 4 aliphatic carbocycles. The zero-order valence-corrected chi connectivity index (χ0v) is 8.38. The van der Waals surface area contributed by atoms with Crippen LogP contribution in [-0.4, -0.2) is 5.16 Å². The summed E-state index contributed by atoms with van der Waals surface area (Å²) in [7, 11) is -0.0191. The Bertz CT molecular complexity index is 189. The van der Waals surface area contributed by atoms with Crippen LogP contribution in [0.25, 0.3) is 0 Å². The van der Waals surface area contributed by atoms with Crippen LogP contribution in [0.15, 0.2) is 0 Å². The van der Waals surface area contributed by atoms with Gasteiger partial charge in [0.15, 0.2) is 5.16 Å². The van der Waals surface area contributed by atoms with E-state index >= 15 is 0 Å². The fourth-order valence-electron chi connectivity index (χ4n) is 4.24. The molecule has 2 heteroatoms. The van der Waals surface area contributed by atoms with E-state index in [9.17, 15) is 4.57 Å². The van der Waals surface area contributed by atoms with Gasteiger partial charge in [0, 0.05) is 0 Å². The van der Waals surface area contributed by atoms with Gasteiger partial charge in [-0.3, -0.25) is 0 Å². The molecule has 0 spiro atoms. The van der Waals surface area contributed by atoms with E-state index in [0.717, 1.165) is 17.8 Å². The predicted octanol–water partition coefficient (Wildman–Crippen LogP) is 2.98.